The molecule has 0 aliphatic rings. The summed E-state index contributed by atoms with van der Waals surface area (Å²) in [5, 5.41) is 6.22. The van der Waals surface area contributed by atoms with Gasteiger partial charge in [-0.25, -0.2) is 0 Å². The normalized spacial score (nSPS) is 12.2. The van der Waals surface area contributed by atoms with E-state index in [-0.39, 0.29) is 17.4 Å². The summed E-state index contributed by atoms with van der Waals surface area (Å²) in [5.41, 5.74) is 0.647. The third kappa shape index (κ3) is 6.56. The zero-order chi connectivity index (χ0) is 20.2. The summed E-state index contributed by atoms with van der Waals surface area (Å²) in [4.78, 5) is 24.7. The van der Waals surface area contributed by atoms with E-state index in [1.165, 1.54) is 0 Å². The van der Waals surface area contributed by atoms with E-state index in [1.807, 2.05) is 20.8 Å². The van der Waals surface area contributed by atoms with Gasteiger partial charge in [-0.2, -0.15) is 0 Å². The van der Waals surface area contributed by atoms with E-state index in [0.717, 1.165) is 0 Å². The summed E-state index contributed by atoms with van der Waals surface area (Å²) in [6.07, 6.45) is -0.741. The van der Waals surface area contributed by atoms with Gasteiger partial charge in [0.2, 0.25) is 0 Å². The SMILES string of the molecule is CC(Oc1ccc(Cl)cc1Br)C(=O)Nc1cccc(C(=O)NC(C)(C)C)c1. The van der Waals surface area contributed by atoms with E-state index in [2.05, 4.69) is 26.6 Å². The molecule has 0 bridgehead atoms. The standard InChI is InChI=1S/C20H22BrClN2O3/c1-12(27-17-9-8-14(22)11-16(17)21)18(25)23-15-7-5-6-13(10-15)19(26)24-20(2,3)4/h5-12H,1-4H3,(H,23,25)(H,24,26). The molecule has 2 rings (SSSR count). The van der Waals surface area contributed by atoms with Gasteiger partial charge in [0.15, 0.2) is 6.10 Å². The van der Waals surface area contributed by atoms with Crippen LogP contribution in [0.3, 0.4) is 0 Å². The maximum atomic E-state index is 12.4. The Labute approximate surface area is 172 Å². The van der Waals surface area contributed by atoms with Crippen molar-refractivity contribution in [2.24, 2.45) is 0 Å². The number of hydrogen-bond acceptors (Lipinski definition) is 3. The van der Waals surface area contributed by atoms with Crippen molar-refractivity contribution in [2.75, 3.05) is 5.32 Å². The molecule has 0 saturated heterocycles. The van der Waals surface area contributed by atoms with Crippen molar-refractivity contribution in [3.63, 3.8) is 0 Å². The fourth-order valence-electron chi connectivity index (χ4n) is 2.21. The molecule has 1 unspecified atom stereocenters. The Morgan fingerprint density at radius 1 is 1.15 bits per heavy atom. The van der Waals surface area contributed by atoms with Gasteiger partial charge in [0.1, 0.15) is 5.75 Å². The number of carbonyl (C=O) groups excluding carboxylic acids is 2. The van der Waals surface area contributed by atoms with Gasteiger partial charge in [0.25, 0.3) is 11.8 Å². The third-order valence-electron chi connectivity index (χ3n) is 3.45. The molecule has 0 aromatic heterocycles. The lowest BCUT2D eigenvalue weighted by atomic mass is 10.1. The molecule has 0 radical (unpaired) electrons. The summed E-state index contributed by atoms with van der Waals surface area (Å²) in [6, 6.07) is 11.8. The summed E-state index contributed by atoms with van der Waals surface area (Å²) >= 11 is 9.26. The van der Waals surface area contributed by atoms with Crippen LogP contribution in [0.1, 0.15) is 38.1 Å². The van der Waals surface area contributed by atoms with Crippen LogP contribution in [-0.4, -0.2) is 23.5 Å². The van der Waals surface area contributed by atoms with Crippen molar-refractivity contribution in [1.82, 2.24) is 5.32 Å². The minimum atomic E-state index is -0.741. The number of hydrogen-bond donors (Lipinski definition) is 2. The molecule has 0 saturated carbocycles. The van der Waals surface area contributed by atoms with Crippen LogP contribution in [0.15, 0.2) is 46.9 Å². The minimum Gasteiger partial charge on any atom is -0.480 e. The number of carbonyl (C=O) groups is 2. The summed E-state index contributed by atoms with van der Waals surface area (Å²) in [5.74, 6) is -0.0152. The topological polar surface area (TPSA) is 67.4 Å². The van der Waals surface area contributed by atoms with Crippen LogP contribution < -0.4 is 15.4 Å². The molecule has 5 nitrogen and oxygen atoms in total. The van der Waals surface area contributed by atoms with Gasteiger partial charge in [-0.1, -0.05) is 17.7 Å². The van der Waals surface area contributed by atoms with E-state index >= 15 is 0 Å². The maximum Gasteiger partial charge on any atom is 0.265 e. The molecule has 0 fully saturated rings. The largest absolute Gasteiger partial charge is 0.480 e. The van der Waals surface area contributed by atoms with Gasteiger partial charge >= 0.3 is 0 Å². The van der Waals surface area contributed by atoms with Crippen LogP contribution in [0.5, 0.6) is 5.75 Å². The highest BCUT2D eigenvalue weighted by Gasteiger charge is 2.18. The fourth-order valence-corrected chi connectivity index (χ4v) is 2.99. The zero-order valence-electron chi connectivity index (χ0n) is 15.6. The van der Waals surface area contributed by atoms with Crippen LogP contribution in [0.2, 0.25) is 5.02 Å². The van der Waals surface area contributed by atoms with Crippen LogP contribution in [0.25, 0.3) is 0 Å². The molecular weight excluding hydrogens is 432 g/mol. The smallest absolute Gasteiger partial charge is 0.265 e. The van der Waals surface area contributed by atoms with Crippen LogP contribution in [0.4, 0.5) is 5.69 Å². The van der Waals surface area contributed by atoms with Gasteiger partial charge in [-0.05, 0) is 80.0 Å². The fraction of sp³-hybridized carbons (Fsp3) is 0.300. The molecule has 7 heteroatoms. The van der Waals surface area contributed by atoms with Crippen molar-refractivity contribution in [3.8, 4) is 5.75 Å². The molecule has 0 aliphatic heterocycles. The minimum absolute atomic E-state index is 0.201. The predicted molar refractivity (Wildman–Crippen MR) is 112 cm³/mol. The first kappa shape index (κ1) is 21.3. The Hall–Kier alpha value is -2.05. The predicted octanol–water partition coefficient (Wildman–Crippen LogP) is 5.04. The van der Waals surface area contributed by atoms with Crippen molar-refractivity contribution < 1.29 is 14.3 Å². The highest BCUT2D eigenvalue weighted by molar-refractivity contribution is 9.10. The van der Waals surface area contributed by atoms with Gasteiger partial charge in [0, 0.05) is 21.8 Å². The van der Waals surface area contributed by atoms with E-state index in [0.29, 0.717) is 26.5 Å². The quantitative estimate of drug-likeness (QED) is 0.667. The Balaban J connectivity index is 2.04. The molecular formula is C20H22BrClN2O3. The molecule has 0 aliphatic carbocycles. The van der Waals surface area contributed by atoms with Crippen molar-refractivity contribution in [2.45, 2.75) is 39.3 Å². The number of amides is 2. The van der Waals surface area contributed by atoms with Crippen LogP contribution in [-0.2, 0) is 4.79 Å². The summed E-state index contributed by atoms with van der Waals surface area (Å²) in [7, 11) is 0. The van der Waals surface area contributed by atoms with E-state index in [4.69, 9.17) is 16.3 Å². The highest BCUT2D eigenvalue weighted by atomic mass is 79.9. The number of ether oxygens (including phenoxy) is 1. The number of nitrogens with one attached hydrogen (secondary N) is 2. The first-order chi connectivity index (χ1) is 12.5. The molecule has 2 aromatic carbocycles. The molecule has 1 atom stereocenters. The lowest BCUT2D eigenvalue weighted by molar-refractivity contribution is -0.122. The Morgan fingerprint density at radius 2 is 1.85 bits per heavy atom. The molecule has 27 heavy (non-hydrogen) atoms. The highest BCUT2D eigenvalue weighted by Crippen LogP contribution is 2.29. The van der Waals surface area contributed by atoms with Gasteiger partial charge in [-0.15, -0.1) is 0 Å². The molecule has 0 spiro atoms. The molecule has 2 aromatic rings. The van der Waals surface area contributed by atoms with Crippen LogP contribution >= 0.6 is 27.5 Å². The average molecular weight is 454 g/mol. The monoisotopic (exact) mass is 452 g/mol. The second kappa shape index (κ2) is 8.76. The van der Waals surface area contributed by atoms with Gasteiger partial charge in [0.05, 0.1) is 4.47 Å². The maximum absolute atomic E-state index is 12.4. The Bertz CT molecular complexity index is 849. The number of rotatable bonds is 5. The second-order valence-electron chi connectivity index (χ2n) is 7.11. The lowest BCUT2D eigenvalue weighted by Gasteiger charge is -2.21. The van der Waals surface area contributed by atoms with Gasteiger partial charge in [-0.3, -0.25) is 9.59 Å². The van der Waals surface area contributed by atoms with E-state index < -0.39 is 6.10 Å². The molecule has 0 heterocycles. The average Bonchev–Trinajstić information content (AvgIpc) is 2.56. The zero-order valence-corrected chi connectivity index (χ0v) is 17.9. The van der Waals surface area contributed by atoms with Crippen LogP contribution in [0, 0.1) is 0 Å². The van der Waals surface area contributed by atoms with Crippen molar-refractivity contribution >= 4 is 45.0 Å². The van der Waals surface area contributed by atoms with E-state index in [9.17, 15) is 9.59 Å². The first-order valence-electron chi connectivity index (χ1n) is 8.40. The Kier molecular flexibility index (Phi) is 6.89. The third-order valence-corrected chi connectivity index (χ3v) is 4.30. The second-order valence-corrected chi connectivity index (χ2v) is 8.40. The Morgan fingerprint density at radius 3 is 2.48 bits per heavy atom. The summed E-state index contributed by atoms with van der Waals surface area (Å²) < 4.78 is 6.34. The number of anilines is 1. The van der Waals surface area contributed by atoms with Gasteiger partial charge < -0.3 is 15.4 Å². The number of benzene rings is 2. The number of halogens is 2. The molecule has 2 amide bonds. The lowest BCUT2D eigenvalue weighted by Crippen LogP contribution is -2.40. The van der Waals surface area contributed by atoms with E-state index in [1.54, 1.807) is 49.4 Å². The molecule has 2 N–H and O–H groups in total. The van der Waals surface area contributed by atoms with Crippen molar-refractivity contribution in [1.29, 1.82) is 0 Å². The first-order valence-corrected chi connectivity index (χ1v) is 9.57. The van der Waals surface area contributed by atoms with Crippen molar-refractivity contribution in [3.05, 3.63) is 57.5 Å². The summed E-state index contributed by atoms with van der Waals surface area (Å²) in [6.45, 7) is 7.37. The molecule has 144 valence electrons.